The molecule has 0 aliphatic heterocycles. The fraction of sp³-hybridized carbons (Fsp3) is 0.176. The Balaban J connectivity index is 1.84. The first kappa shape index (κ1) is 17.8. The van der Waals surface area contributed by atoms with Crippen LogP contribution in [0.15, 0.2) is 53.0 Å². The molecule has 0 aliphatic carbocycles. The minimum Gasteiger partial charge on any atom is -0.484 e. The molecule has 0 radical (unpaired) electrons. The lowest BCUT2D eigenvalue weighted by Gasteiger charge is -2.09. The first-order valence-electron chi connectivity index (χ1n) is 7.18. The second-order valence-corrected chi connectivity index (χ2v) is 5.70. The molecule has 2 rings (SSSR count). The molecule has 2 aromatic carbocycles. The van der Waals surface area contributed by atoms with Gasteiger partial charge in [-0.1, -0.05) is 22.0 Å². The van der Waals surface area contributed by atoms with Gasteiger partial charge in [0.2, 0.25) is 0 Å². The van der Waals surface area contributed by atoms with Crippen molar-refractivity contribution in [3.8, 4) is 11.5 Å². The number of benzene rings is 2. The molecule has 2 N–H and O–H groups in total. The maximum Gasteiger partial charge on any atom is 0.262 e. The van der Waals surface area contributed by atoms with Crippen molar-refractivity contribution in [1.82, 2.24) is 5.32 Å². The van der Waals surface area contributed by atoms with Gasteiger partial charge in [0.25, 0.3) is 11.8 Å². The van der Waals surface area contributed by atoms with Crippen LogP contribution in [-0.2, 0) is 9.59 Å². The van der Waals surface area contributed by atoms with E-state index in [1.165, 1.54) is 7.05 Å². The molecule has 0 saturated heterocycles. The van der Waals surface area contributed by atoms with Gasteiger partial charge in [0.05, 0.1) is 0 Å². The number of anilines is 1. The molecule has 126 valence electrons. The van der Waals surface area contributed by atoms with Crippen molar-refractivity contribution >= 4 is 33.4 Å². The third-order valence-corrected chi connectivity index (χ3v) is 3.48. The molecule has 7 heteroatoms. The summed E-state index contributed by atoms with van der Waals surface area (Å²) >= 11 is 3.33. The number of ether oxygens (including phenoxy) is 2. The zero-order chi connectivity index (χ0) is 17.4. The van der Waals surface area contributed by atoms with Gasteiger partial charge in [0, 0.05) is 23.3 Å². The Kier molecular flexibility index (Phi) is 6.62. The normalized spacial score (nSPS) is 9.92. The Labute approximate surface area is 148 Å². The van der Waals surface area contributed by atoms with Crippen LogP contribution in [0.2, 0.25) is 0 Å². The summed E-state index contributed by atoms with van der Waals surface area (Å²) in [5, 5.41) is 5.18. The van der Waals surface area contributed by atoms with Crippen molar-refractivity contribution in [3.63, 3.8) is 0 Å². The van der Waals surface area contributed by atoms with Gasteiger partial charge in [0.1, 0.15) is 11.5 Å². The lowest BCUT2D eigenvalue weighted by molar-refractivity contribution is -0.122. The number of amides is 2. The molecule has 0 spiro atoms. The van der Waals surface area contributed by atoms with Gasteiger partial charge in [-0.25, -0.2) is 0 Å². The van der Waals surface area contributed by atoms with Gasteiger partial charge < -0.3 is 20.1 Å². The van der Waals surface area contributed by atoms with Crippen LogP contribution in [0, 0.1) is 0 Å². The predicted octanol–water partition coefficient (Wildman–Crippen LogP) is 2.59. The fourth-order valence-electron chi connectivity index (χ4n) is 1.76. The van der Waals surface area contributed by atoms with E-state index < -0.39 is 0 Å². The SMILES string of the molecule is CNC(=O)COc1cccc(NC(=O)COc2ccc(Br)cc2)c1. The molecule has 2 amide bonds. The lowest BCUT2D eigenvalue weighted by atomic mass is 10.3. The highest BCUT2D eigenvalue weighted by atomic mass is 79.9. The minimum atomic E-state index is -0.290. The molecule has 6 nitrogen and oxygen atoms in total. The number of nitrogens with one attached hydrogen (secondary N) is 2. The van der Waals surface area contributed by atoms with E-state index in [1.807, 2.05) is 12.1 Å². The summed E-state index contributed by atoms with van der Waals surface area (Å²) in [5.41, 5.74) is 0.564. The third-order valence-electron chi connectivity index (χ3n) is 2.95. The number of carbonyl (C=O) groups is 2. The second kappa shape index (κ2) is 8.93. The first-order chi connectivity index (χ1) is 11.6. The molecular weight excluding hydrogens is 376 g/mol. The van der Waals surface area contributed by atoms with E-state index in [9.17, 15) is 9.59 Å². The number of hydrogen-bond donors (Lipinski definition) is 2. The van der Waals surface area contributed by atoms with Crippen molar-refractivity contribution in [3.05, 3.63) is 53.0 Å². The van der Waals surface area contributed by atoms with Crippen LogP contribution >= 0.6 is 15.9 Å². The van der Waals surface area contributed by atoms with Gasteiger partial charge in [-0.3, -0.25) is 9.59 Å². The van der Waals surface area contributed by atoms with E-state index in [-0.39, 0.29) is 25.0 Å². The van der Waals surface area contributed by atoms with Crippen LogP contribution in [0.5, 0.6) is 11.5 Å². The van der Waals surface area contributed by atoms with Gasteiger partial charge in [-0.2, -0.15) is 0 Å². The number of likely N-dealkylation sites (N-methyl/N-ethyl adjacent to an activating group) is 1. The van der Waals surface area contributed by atoms with E-state index >= 15 is 0 Å². The molecule has 0 unspecified atom stereocenters. The smallest absolute Gasteiger partial charge is 0.262 e. The van der Waals surface area contributed by atoms with Crippen molar-refractivity contribution < 1.29 is 19.1 Å². The van der Waals surface area contributed by atoms with E-state index in [2.05, 4.69) is 26.6 Å². The molecule has 0 saturated carbocycles. The van der Waals surface area contributed by atoms with Crippen molar-refractivity contribution in [2.24, 2.45) is 0 Å². The van der Waals surface area contributed by atoms with Crippen LogP contribution < -0.4 is 20.1 Å². The van der Waals surface area contributed by atoms with Crippen LogP contribution in [0.25, 0.3) is 0 Å². The van der Waals surface area contributed by atoms with E-state index in [1.54, 1.807) is 36.4 Å². The highest BCUT2D eigenvalue weighted by Crippen LogP contribution is 2.18. The summed E-state index contributed by atoms with van der Waals surface area (Å²) in [5.74, 6) is 0.579. The van der Waals surface area contributed by atoms with Crippen molar-refractivity contribution in [2.75, 3.05) is 25.6 Å². The van der Waals surface area contributed by atoms with Gasteiger partial charge in [0.15, 0.2) is 13.2 Å². The Morgan fingerprint density at radius 3 is 2.33 bits per heavy atom. The van der Waals surface area contributed by atoms with Gasteiger partial charge in [-0.15, -0.1) is 0 Å². The molecule has 0 atom stereocenters. The Bertz CT molecular complexity index is 704. The first-order valence-corrected chi connectivity index (χ1v) is 7.98. The summed E-state index contributed by atoms with van der Waals surface area (Å²) in [6.45, 7) is -0.189. The molecule has 0 aromatic heterocycles. The average Bonchev–Trinajstić information content (AvgIpc) is 2.59. The zero-order valence-corrected chi connectivity index (χ0v) is 14.6. The van der Waals surface area contributed by atoms with Crippen LogP contribution in [-0.4, -0.2) is 32.1 Å². The number of hydrogen-bond acceptors (Lipinski definition) is 4. The second-order valence-electron chi connectivity index (χ2n) is 4.78. The Morgan fingerprint density at radius 2 is 1.62 bits per heavy atom. The maximum atomic E-state index is 11.9. The maximum absolute atomic E-state index is 11.9. The predicted molar refractivity (Wildman–Crippen MR) is 94.3 cm³/mol. The highest BCUT2D eigenvalue weighted by Gasteiger charge is 2.06. The summed E-state index contributed by atoms with van der Waals surface area (Å²) < 4.78 is 11.7. The molecule has 2 aromatic rings. The van der Waals surface area contributed by atoms with Gasteiger partial charge >= 0.3 is 0 Å². The van der Waals surface area contributed by atoms with Crippen LogP contribution in [0.3, 0.4) is 0 Å². The minimum absolute atomic E-state index is 0.0828. The van der Waals surface area contributed by atoms with Crippen LogP contribution in [0.1, 0.15) is 0 Å². The number of carbonyl (C=O) groups excluding carboxylic acids is 2. The number of rotatable bonds is 7. The average molecular weight is 393 g/mol. The highest BCUT2D eigenvalue weighted by molar-refractivity contribution is 9.10. The Hall–Kier alpha value is -2.54. The quantitative estimate of drug-likeness (QED) is 0.758. The summed E-state index contributed by atoms with van der Waals surface area (Å²) in [6, 6.07) is 14.0. The lowest BCUT2D eigenvalue weighted by Crippen LogP contribution is -2.24. The largest absolute Gasteiger partial charge is 0.484 e. The van der Waals surface area contributed by atoms with Gasteiger partial charge in [-0.05, 0) is 36.4 Å². The molecule has 0 heterocycles. The summed E-state index contributed by atoms with van der Waals surface area (Å²) in [4.78, 5) is 23.1. The van der Waals surface area contributed by atoms with Crippen molar-refractivity contribution in [1.29, 1.82) is 0 Å². The fourth-order valence-corrected chi connectivity index (χ4v) is 2.03. The molecule has 24 heavy (non-hydrogen) atoms. The van der Waals surface area contributed by atoms with E-state index in [0.29, 0.717) is 17.2 Å². The molecular formula is C17H17BrN2O4. The standard InChI is InChI=1S/C17H17BrN2O4/c1-19-16(21)10-24-15-4-2-3-13(9-15)20-17(22)11-23-14-7-5-12(18)6-8-14/h2-9H,10-11H2,1H3,(H,19,21)(H,20,22). The summed E-state index contributed by atoms with van der Waals surface area (Å²) in [6.07, 6.45) is 0. The zero-order valence-electron chi connectivity index (χ0n) is 13.0. The van der Waals surface area contributed by atoms with E-state index in [0.717, 1.165) is 4.47 Å². The number of halogens is 1. The summed E-state index contributed by atoms with van der Waals surface area (Å²) in [7, 11) is 1.54. The monoisotopic (exact) mass is 392 g/mol. The van der Waals surface area contributed by atoms with Crippen molar-refractivity contribution in [2.45, 2.75) is 0 Å². The molecule has 0 bridgehead atoms. The van der Waals surface area contributed by atoms with Crippen LogP contribution in [0.4, 0.5) is 5.69 Å². The Morgan fingerprint density at radius 1 is 0.958 bits per heavy atom. The molecule has 0 aliphatic rings. The molecule has 0 fully saturated rings. The van der Waals surface area contributed by atoms with E-state index in [4.69, 9.17) is 9.47 Å². The third kappa shape index (κ3) is 5.92. The topological polar surface area (TPSA) is 76.7 Å².